The van der Waals surface area contributed by atoms with Crippen LogP contribution in [0.1, 0.15) is 44.6 Å². The number of likely N-dealkylation sites (tertiary alicyclic amines) is 1. The zero-order chi connectivity index (χ0) is 16.1. The van der Waals surface area contributed by atoms with Gasteiger partial charge in [0.05, 0.1) is 12.2 Å². The Morgan fingerprint density at radius 3 is 2.48 bits per heavy atom. The van der Waals surface area contributed by atoms with Crippen molar-refractivity contribution < 1.29 is 14.3 Å². The maximum absolute atomic E-state index is 12.1. The first-order valence-electron chi connectivity index (χ1n) is 8.82. The van der Waals surface area contributed by atoms with E-state index in [0.29, 0.717) is 18.8 Å². The molecule has 1 aromatic rings. The monoisotopic (exact) mass is 317 g/mol. The molecule has 1 amide bonds. The highest BCUT2D eigenvalue weighted by molar-refractivity contribution is 5.67. The van der Waals surface area contributed by atoms with Crippen molar-refractivity contribution >= 4 is 6.09 Å². The smallest absolute Gasteiger partial charge is 0.410 e. The molecular formula is C19H27NO3. The SMILES string of the molecule is CC1CCC(OC2CCN(C(=O)OCc3ccccc3)CC2)C1. The van der Waals surface area contributed by atoms with Gasteiger partial charge in [-0.2, -0.15) is 0 Å². The van der Waals surface area contributed by atoms with E-state index in [1.807, 2.05) is 30.3 Å². The van der Waals surface area contributed by atoms with Gasteiger partial charge in [0, 0.05) is 13.1 Å². The van der Waals surface area contributed by atoms with Gasteiger partial charge in [0.1, 0.15) is 6.61 Å². The Labute approximate surface area is 138 Å². The van der Waals surface area contributed by atoms with Gasteiger partial charge in [0.2, 0.25) is 0 Å². The lowest BCUT2D eigenvalue weighted by atomic mass is 10.1. The molecule has 2 atom stereocenters. The molecule has 2 unspecified atom stereocenters. The number of hydrogen-bond donors (Lipinski definition) is 0. The molecule has 1 heterocycles. The number of benzene rings is 1. The number of nitrogens with zero attached hydrogens (tertiary/aromatic N) is 1. The van der Waals surface area contributed by atoms with Crippen molar-refractivity contribution in [3.63, 3.8) is 0 Å². The van der Waals surface area contributed by atoms with Crippen molar-refractivity contribution in [2.75, 3.05) is 13.1 Å². The zero-order valence-corrected chi connectivity index (χ0v) is 13.9. The van der Waals surface area contributed by atoms with Crippen LogP contribution in [0.4, 0.5) is 4.79 Å². The summed E-state index contributed by atoms with van der Waals surface area (Å²) in [6, 6.07) is 9.80. The van der Waals surface area contributed by atoms with Gasteiger partial charge in [0.15, 0.2) is 0 Å². The molecule has 126 valence electrons. The summed E-state index contributed by atoms with van der Waals surface area (Å²) < 4.78 is 11.6. The summed E-state index contributed by atoms with van der Waals surface area (Å²) in [6.07, 6.45) is 6.06. The third kappa shape index (κ3) is 4.71. The second kappa shape index (κ2) is 7.82. The Kier molecular flexibility index (Phi) is 5.55. The van der Waals surface area contributed by atoms with Crippen LogP contribution >= 0.6 is 0 Å². The minimum atomic E-state index is -0.207. The third-order valence-corrected chi connectivity index (χ3v) is 4.94. The number of piperidine rings is 1. The highest BCUT2D eigenvalue weighted by atomic mass is 16.6. The fraction of sp³-hybridized carbons (Fsp3) is 0.632. The molecule has 2 fully saturated rings. The van der Waals surface area contributed by atoms with Gasteiger partial charge in [-0.15, -0.1) is 0 Å². The van der Waals surface area contributed by atoms with E-state index in [9.17, 15) is 4.79 Å². The molecule has 0 N–H and O–H groups in total. The predicted octanol–water partition coefficient (Wildman–Crippen LogP) is 3.99. The molecule has 2 aliphatic rings. The quantitative estimate of drug-likeness (QED) is 0.843. The summed E-state index contributed by atoms with van der Waals surface area (Å²) in [5, 5.41) is 0. The summed E-state index contributed by atoms with van der Waals surface area (Å²) in [4.78, 5) is 13.9. The van der Waals surface area contributed by atoms with E-state index in [4.69, 9.17) is 9.47 Å². The number of rotatable bonds is 4. The van der Waals surface area contributed by atoms with Crippen LogP contribution in [0.2, 0.25) is 0 Å². The lowest BCUT2D eigenvalue weighted by Gasteiger charge is -2.32. The predicted molar refractivity (Wildman–Crippen MR) is 89.1 cm³/mol. The molecule has 1 saturated heterocycles. The molecular weight excluding hydrogens is 290 g/mol. The Bertz CT molecular complexity index is 497. The van der Waals surface area contributed by atoms with Gasteiger partial charge in [-0.3, -0.25) is 0 Å². The molecule has 1 saturated carbocycles. The van der Waals surface area contributed by atoms with Crippen molar-refractivity contribution in [2.45, 2.75) is 57.8 Å². The summed E-state index contributed by atoms with van der Waals surface area (Å²) in [6.45, 7) is 4.12. The third-order valence-electron chi connectivity index (χ3n) is 4.94. The van der Waals surface area contributed by atoms with E-state index < -0.39 is 0 Å². The molecule has 1 aliphatic carbocycles. The first-order chi connectivity index (χ1) is 11.2. The van der Waals surface area contributed by atoms with Gasteiger partial charge < -0.3 is 14.4 Å². The normalized spacial score (nSPS) is 25.5. The summed E-state index contributed by atoms with van der Waals surface area (Å²) in [5.74, 6) is 0.799. The van der Waals surface area contributed by atoms with E-state index in [1.165, 1.54) is 19.3 Å². The van der Waals surface area contributed by atoms with Crippen molar-refractivity contribution in [3.8, 4) is 0 Å². The van der Waals surface area contributed by atoms with Crippen molar-refractivity contribution in [3.05, 3.63) is 35.9 Å². The second-order valence-corrected chi connectivity index (χ2v) is 6.90. The zero-order valence-electron chi connectivity index (χ0n) is 13.9. The molecule has 1 aliphatic heterocycles. The van der Waals surface area contributed by atoms with Gasteiger partial charge in [-0.1, -0.05) is 37.3 Å². The highest BCUT2D eigenvalue weighted by Gasteiger charge is 2.29. The van der Waals surface area contributed by atoms with E-state index in [1.54, 1.807) is 4.90 Å². The Hall–Kier alpha value is -1.55. The lowest BCUT2D eigenvalue weighted by Crippen LogP contribution is -2.41. The molecule has 3 rings (SSSR count). The lowest BCUT2D eigenvalue weighted by molar-refractivity contribution is -0.0394. The van der Waals surface area contributed by atoms with Crippen molar-refractivity contribution in [2.24, 2.45) is 5.92 Å². The number of carbonyl (C=O) groups excluding carboxylic acids is 1. The first kappa shape index (κ1) is 16.3. The average Bonchev–Trinajstić information content (AvgIpc) is 2.99. The standard InChI is InChI=1S/C19H27NO3/c1-15-7-8-18(13-15)23-17-9-11-20(12-10-17)19(21)22-14-16-5-3-2-4-6-16/h2-6,15,17-18H,7-14H2,1H3. The van der Waals surface area contributed by atoms with Crippen LogP contribution in [0.3, 0.4) is 0 Å². The first-order valence-corrected chi connectivity index (χ1v) is 8.82. The molecule has 4 nitrogen and oxygen atoms in total. The average molecular weight is 317 g/mol. The van der Waals surface area contributed by atoms with Crippen LogP contribution in [0, 0.1) is 5.92 Å². The van der Waals surface area contributed by atoms with Gasteiger partial charge >= 0.3 is 6.09 Å². The summed E-state index contributed by atoms with van der Waals surface area (Å²) in [7, 11) is 0. The fourth-order valence-corrected chi connectivity index (χ4v) is 3.54. The number of amides is 1. The molecule has 23 heavy (non-hydrogen) atoms. The highest BCUT2D eigenvalue weighted by Crippen LogP contribution is 2.29. The fourth-order valence-electron chi connectivity index (χ4n) is 3.54. The van der Waals surface area contributed by atoms with Crippen LogP contribution in [-0.4, -0.2) is 36.3 Å². The Morgan fingerprint density at radius 2 is 1.83 bits per heavy atom. The van der Waals surface area contributed by atoms with Gasteiger partial charge in [-0.25, -0.2) is 4.79 Å². The number of ether oxygens (including phenoxy) is 2. The minimum absolute atomic E-state index is 0.207. The number of hydrogen-bond acceptors (Lipinski definition) is 3. The van der Waals surface area contributed by atoms with Crippen LogP contribution in [0.5, 0.6) is 0 Å². The minimum Gasteiger partial charge on any atom is -0.445 e. The summed E-state index contributed by atoms with van der Waals surface area (Å²) in [5.41, 5.74) is 1.02. The Morgan fingerprint density at radius 1 is 1.09 bits per heavy atom. The largest absolute Gasteiger partial charge is 0.445 e. The van der Waals surface area contributed by atoms with Gasteiger partial charge in [0.25, 0.3) is 0 Å². The second-order valence-electron chi connectivity index (χ2n) is 6.90. The maximum atomic E-state index is 12.1. The molecule has 0 bridgehead atoms. The van der Waals surface area contributed by atoms with Crippen LogP contribution in [-0.2, 0) is 16.1 Å². The van der Waals surface area contributed by atoms with E-state index >= 15 is 0 Å². The molecule has 0 radical (unpaired) electrons. The summed E-state index contributed by atoms with van der Waals surface area (Å²) >= 11 is 0. The topological polar surface area (TPSA) is 38.8 Å². The van der Waals surface area contributed by atoms with Crippen molar-refractivity contribution in [1.82, 2.24) is 4.90 Å². The molecule has 4 heteroatoms. The molecule has 0 aromatic heterocycles. The molecule has 1 aromatic carbocycles. The number of carbonyl (C=O) groups is 1. The molecule has 0 spiro atoms. The van der Waals surface area contributed by atoms with Crippen molar-refractivity contribution in [1.29, 1.82) is 0 Å². The van der Waals surface area contributed by atoms with E-state index in [2.05, 4.69) is 6.92 Å². The van der Waals surface area contributed by atoms with Crippen LogP contribution in [0.25, 0.3) is 0 Å². The Balaban J connectivity index is 1.37. The van der Waals surface area contributed by atoms with Gasteiger partial charge in [-0.05, 0) is 43.6 Å². The van der Waals surface area contributed by atoms with E-state index in [0.717, 1.165) is 37.4 Å². The van der Waals surface area contributed by atoms with E-state index in [-0.39, 0.29) is 6.09 Å². The van der Waals surface area contributed by atoms with Crippen LogP contribution in [0.15, 0.2) is 30.3 Å². The van der Waals surface area contributed by atoms with Crippen LogP contribution < -0.4 is 0 Å². The maximum Gasteiger partial charge on any atom is 0.410 e.